The summed E-state index contributed by atoms with van der Waals surface area (Å²) in [6, 6.07) is -0.529. The molecule has 1 unspecified atom stereocenters. The van der Waals surface area contributed by atoms with Crippen molar-refractivity contribution in [2.75, 3.05) is 28.7 Å². The fourth-order valence-corrected chi connectivity index (χ4v) is 2.29. The van der Waals surface area contributed by atoms with E-state index in [1.165, 1.54) is 25.7 Å². The number of hydrogen-bond acceptors (Lipinski definition) is 7. The highest BCUT2D eigenvalue weighted by molar-refractivity contribution is 5.96. The second-order valence-electron chi connectivity index (χ2n) is 5.02. The molecule has 2 heterocycles. The molecule has 0 radical (unpaired) electrons. The number of nitrogens with one attached hydrogen (secondary N) is 3. The zero-order valence-electron chi connectivity index (χ0n) is 12.9. The van der Waals surface area contributed by atoms with Gasteiger partial charge in [0.05, 0.1) is 6.04 Å². The Labute approximate surface area is 131 Å². The fraction of sp³-hybridized carbons (Fsp3) is 0.462. The minimum absolute atomic E-state index is 0.0179. The number of aromatic nitrogens is 2. The van der Waals surface area contributed by atoms with Gasteiger partial charge in [-0.15, -0.1) is 0 Å². The molecule has 1 aliphatic rings. The summed E-state index contributed by atoms with van der Waals surface area (Å²) in [6.45, 7) is 4.04. The van der Waals surface area contributed by atoms with Crippen molar-refractivity contribution in [3.8, 4) is 0 Å². The second kappa shape index (κ2) is 6.46. The van der Waals surface area contributed by atoms with Crippen LogP contribution in [-0.2, 0) is 19.1 Å². The van der Waals surface area contributed by atoms with Crippen LogP contribution in [0.4, 0.5) is 17.5 Å². The minimum Gasteiger partial charge on any atom is -0.464 e. The third kappa shape index (κ3) is 3.65. The van der Waals surface area contributed by atoms with E-state index in [0.717, 1.165) is 0 Å². The van der Waals surface area contributed by atoms with Crippen LogP contribution < -0.4 is 21.1 Å². The summed E-state index contributed by atoms with van der Waals surface area (Å²) in [5.41, 5.74) is -0.566. The molecular formula is C13H17N5O5. The van der Waals surface area contributed by atoms with Gasteiger partial charge in [0.15, 0.2) is 11.5 Å². The Bertz CT molecular complexity index is 713. The summed E-state index contributed by atoms with van der Waals surface area (Å²) < 4.78 is 4.93. The Morgan fingerprint density at radius 3 is 2.61 bits per heavy atom. The van der Waals surface area contributed by atoms with Gasteiger partial charge in [-0.1, -0.05) is 0 Å². The van der Waals surface area contributed by atoms with Crippen LogP contribution in [0.5, 0.6) is 0 Å². The molecule has 10 nitrogen and oxygen atoms in total. The zero-order chi connectivity index (χ0) is 17.1. The summed E-state index contributed by atoms with van der Waals surface area (Å²) in [5, 5.41) is 5.28. The Hall–Kier alpha value is -2.91. The van der Waals surface area contributed by atoms with Crippen molar-refractivity contribution < 1.29 is 19.1 Å². The average molecular weight is 323 g/mol. The van der Waals surface area contributed by atoms with E-state index in [9.17, 15) is 19.2 Å². The molecule has 0 bridgehead atoms. The van der Waals surface area contributed by atoms with E-state index in [-0.39, 0.29) is 42.4 Å². The molecular weight excluding hydrogens is 306 g/mol. The molecule has 1 aliphatic heterocycles. The Balaban J connectivity index is 2.39. The molecule has 1 atom stereocenters. The van der Waals surface area contributed by atoms with Crippen LogP contribution >= 0.6 is 0 Å². The Morgan fingerprint density at radius 2 is 2.04 bits per heavy atom. The third-order valence-electron chi connectivity index (χ3n) is 3.12. The monoisotopic (exact) mass is 323 g/mol. The molecule has 1 aromatic heterocycles. The molecule has 23 heavy (non-hydrogen) atoms. The number of fused-ring (bicyclic) bond motifs is 1. The van der Waals surface area contributed by atoms with Crippen LogP contribution in [0.3, 0.4) is 0 Å². The van der Waals surface area contributed by atoms with Gasteiger partial charge in [0.1, 0.15) is 6.61 Å². The number of anilines is 3. The molecule has 10 heteroatoms. The van der Waals surface area contributed by atoms with Crippen molar-refractivity contribution in [1.82, 2.24) is 9.97 Å². The van der Waals surface area contributed by atoms with Crippen molar-refractivity contribution in [3.05, 3.63) is 10.4 Å². The number of ether oxygens (including phenoxy) is 1. The van der Waals surface area contributed by atoms with E-state index in [4.69, 9.17) is 4.74 Å². The number of amides is 2. The molecule has 0 fully saturated rings. The lowest BCUT2D eigenvalue weighted by Gasteiger charge is -2.35. The number of nitrogens with zero attached hydrogens (tertiary/aromatic N) is 2. The van der Waals surface area contributed by atoms with Gasteiger partial charge in [0.2, 0.25) is 17.8 Å². The normalized spacial score (nSPS) is 16.1. The number of hydrogen-bond donors (Lipinski definition) is 3. The van der Waals surface area contributed by atoms with Gasteiger partial charge < -0.3 is 10.1 Å². The SMILES string of the molecule is CC(=O)Nc1nc2c(c(=O)[nH]1)N(C(C)=O)C(COC(C)=O)CN2. The van der Waals surface area contributed by atoms with Gasteiger partial charge >= 0.3 is 5.97 Å². The first-order chi connectivity index (χ1) is 10.8. The summed E-state index contributed by atoms with van der Waals surface area (Å²) in [6.07, 6.45) is 0. The average Bonchev–Trinajstić information content (AvgIpc) is 2.43. The minimum atomic E-state index is -0.589. The lowest BCUT2D eigenvalue weighted by molar-refractivity contribution is -0.141. The number of carbonyl (C=O) groups excluding carboxylic acids is 3. The Morgan fingerprint density at radius 1 is 1.35 bits per heavy atom. The molecule has 0 aromatic carbocycles. The predicted molar refractivity (Wildman–Crippen MR) is 81.2 cm³/mol. The van der Waals surface area contributed by atoms with E-state index in [1.54, 1.807) is 0 Å². The largest absolute Gasteiger partial charge is 0.464 e. The van der Waals surface area contributed by atoms with E-state index < -0.39 is 17.6 Å². The van der Waals surface area contributed by atoms with Gasteiger partial charge in [0, 0.05) is 27.3 Å². The second-order valence-corrected chi connectivity index (χ2v) is 5.02. The number of rotatable bonds is 3. The first kappa shape index (κ1) is 16.5. The highest BCUT2D eigenvalue weighted by Crippen LogP contribution is 2.27. The van der Waals surface area contributed by atoms with Crippen molar-refractivity contribution >= 4 is 35.2 Å². The number of esters is 1. The zero-order valence-corrected chi connectivity index (χ0v) is 12.9. The highest BCUT2D eigenvalue weighted by atomic mass is 16.5. The molecule has 0 spiro atoms. The predicted octanol–water partition coefficient (Wildman–Crippen LogP) is -0.562. The molecule has 0 aliphatic carbocycles. The smallest absolute Gasteiger partial charge is 0.302 e. The maximum absolute atomic E-state index is 12.3. The van der Waals surface area contributed by atoms with Gasteiger partial charge in [-0.25, -0.2) is 0 Å². The van der Waals surface area contributed by atoms with Gasteiger partial charge in [-0.3, -0.25) is 34.4 Å². The van der Waals surface area contributed by atoms with E-state index >= 15 is 0 Å². The molecule has 2 rings (SSSR count). The molecule has 1 aromatic rings. The Kier molecular flexibility index (Phi) is 4.63. The van der Waals surface area contributed by atoms with Crippen LogP contribution in [0.15, 0.2) is 4.79 Å². The standard InChI is InChI=1S/C13H17N5O5/c1-6(19)15-13-16-11-10(12(22)17-13)18(7(2)20)9(4-14-11)5-23-8(3)21/h9H,4-5H2,1-3H3,(H3,14,15,16,17,19,22). The molecule has 2 amide bonds. The first-order valence-corrected chi connectivity index (χ1v) is 6.88. The van der Waals surface area contributed by atoms with E-state index in [2.05, 4.69) is 20.6 Å². The number of aromatic amines is 1. The summed E-state index contributed by atoms with van der Waals surface area (Å²) in [5.74, 6) is -1.10. The van der Waals surface area contributed by atoms with Crippen molar-refractivity contribution in [1.29, 1.82) is 0 Å². The molecule has 3 N–H and O–H groups in total. The van der Waals surface area contributed by atoms with Crippen LogP contribution in [-0.4, -0.2) is 46.9 Å². The summed E-state index contributed by atoms with van der Waals surface area (Å²) in [4.78, 5) is 53.9. The summed E-state index contributed by atoms with van der Waals surface area (Å²) in [7, 11) is 0. The van der Waals surface area contributed by atoms with Gasteiger partial charge in [-0.05, 0) is 0 Å². The quantitative estimate of drug-likeness (QED) is 0.635. The highest BCUT2D eigenvalue weighted by Gasteiger charge is 2.33. The summed E-state index contributed by atoms with van der Waals surface area (Å²) >= 11 is 0. The number of H-pyrrole nitrogens is 1. The molecule has 0 saturated carbocycles. The van der Waals surface area contributed by atoms with Crippen LogP contribution in [0.25, 0.3) is 0 Å². The lowest BCUT2D eigenvalue weighted by atomic mass is 10.1. The first-order valence-electron chi connectivity index (χ1n) is 6.88. The van der Waals surface area contributed by atoms with Crippen LogP contribution in [0.2, 0.25) is 0 Å². The lowest BCUT2D eigenvalue weighted by Crippen LogP contribution is -2.52. The van der Waals surface area contributed by atoms with Crippen molar-refractivity contribution in [2.45, 2.75) is 26.8 Å². The fourth-order valence-electron chi connectivity index (χ4n) is 2.29. The van der Waals surface area contributed by atoms with Crippen molar-refractivity contribution in [3.63, 3.8) is 0 Å². The molecule has 124 valence electrons. The third-order valence-corrected chi connectivity index (χ3v) is 3.12. The molecule has 0 saturated heterocycles. The van der Waals surface area contributed by atoms with Crippen LogP contribution in [0, 0.1) is 0 Å². The van der Waals surface area contributed by atoms with Gasteiger partial charge in [-0.2, -0.15) is 4.98 Å². The number of carbonyl (C=O) groups is 3. The topological polar surface area (TPSA) is 133 Å². The van der Waals surface area contributed by atoms with Crippen LogP contribution in [0.1, 0.15) is 20.8 Å². The van der Waals surface area contributed by atoms with Crippen molar-refractivity contribution in [2.24, 2.45) is 0 Å². The van der Waals surface area contributed by atoms with E-state index in [1.807, 2.05) is 0 Å². The van der Waals surface area contributed by atoms with Gasteiger partial charge in [0.25, 0.3) is 5.56 Å². The van der Waals surface area contributed by atoms with E-state index in [0.29, 0.717) is 0 Å². The maximum atomic E-state index is 12.3. The maximum Gasteiger partial charge on any atom is 0.302 e.